The standard InChI is InChI=1S/C14H12N2O2/c17-16-14(13-9-5-2-6-10-13)18-15-11-12-7-3-1-4-8-12/h1-11,17H. The molecule has 0 heterocycles. The van der Waals surface area contributed by atoms with Crippen molar-refractivity contribution in [2.24, 2.45) is 10.3 Å². The quantitative estimate of drug-likeness (QED) is 0.388. The summed E-state index contributed by atoms with van der Waals surface area (Å²) in [5.41, 5.74) is 1.56. The predicted molar refractivity (Wildman–Crippen MR) is 69.9 cm³/mol. The van der Waals surface area contributed by atoms with Crippen LogP contribution >= 0.6 is 0 Å². The largest absolute Gasteiger partial charge is 0.408 e. The monoisotopic (exact) mass is 240 g/mol. The summed E-state index contributed by atoms with van der Waals surface area (Å²) in [6, 6.07) is 18.6. The predicted octanol–water partition coefficient (Wildman–Crippen LogP) is 2.87. The minimum atomic E-state index is 0.0581. The molecule has 4 heteroatoms. The molecule has 0 saturated heterocycles. The fraction of sp³-hybridized carbons (Fsp3) is 0. The second-order valence-corrected chi connectivity index (χ2v) is 3.51. The van der Waals surface area contributed by atoms with Crippen LogP contribution in [0.2, 0.25) is 0 Å². The van der Waals surface area contributed by atoms with E-state index in [1.807, 2.05) is 48.5 Å². The fourth-order valence-electron chi connectivity index (χ4n) is 1.39. The summed E-state index contributed by atoms with van der Waals surface area (Å²) in [5, 5.41) is 15.7. The maximum absolute atomic E-state index is 8.87. The van der Waals surface area contributed by atoms with Gasteiger partial charge in [-0.05, 0) is 22.9 Å². The van der Waals surface area contributed by atoms with Gasteiger partial charge in [0.15, 0.2) is 0 Å². The molecule has 0 amide bonds. The van der Waals surface area contributed by atoms with Gasteiger partial charge in [0.2, 0.25) is 0 Å². The number of rotatable bonds is 3. The SMILES string of the molecule is ON=C(ON=Cc1ccccc1)c1ccccc1. The van der Waals surface area contributed by atoms with E-state index >= 15 is 0 Å². The van der Waals surface area contributed by atoms with E-state index in [0.29, 0.717) is 5.56 Å². The Kier molecular flexibility index (Phi) is 4.08. The Balaban J connectivity index is 2.03. The van der Waals surface area contributed by atoms with Gasteiger partial charge in [0.1, 0.15) is 0 Å². The molecule has 2 aromatic rings. The highest BCUT2D eigenvalue weighted by Crippen LogP contribution is 2.03. The summed E-state index contributed by atoms with van der Waals surface area (Å²) in [4.78, 5) is 5.05. The lowest BCUT2D eigenvalue weighted by Crippen LogP contribution is -2.02. The third kappa shape index (κ3) is 3.18. The number of nitrogens with zero attached hydrogens (tertiary/aromatic N) is 2. The normalized spacial score (nSPS) is 11.7. The second-order valence-electron chi connectivity index (χ2n) is 3.51. The number of oxime groups is 2. The molecule has 0 unspecified atom stereocenters. The van der Waals surface area contributed by atoms with Gasteiger partial charge in [-0.3, -0.25) is 0 Å². The smallest absolute Gasteiger partial charge is 0.290 e. The molecule has 4 nitrogen and oxygen atoms in total. The lowest BCUT2D eigenvalue weighted by Gasteiger charge is -2.00. The maximum Gasteiger partial charge on any atom is 0.290 e. The Labute approximate surface area is 105 Å². The van der Waals surface area contributed by atoms with E-state index < -0.39 is 0 Å². The molecule has 0 aliphatic carbocycles. The third-order valence-electron chi connectivity index (χ3n) is 2.25. The molecule has 0 atom stereocenters. The lowest BCUT2D eigenvalue weighted by molar-refractivity contribution is 0.266. The molecule has 0 aliphatic rings. The molecule has 2 aromatic carbocycles. The molecule has 0 spiro atoms. The van der Waals surface area contributed by atoms with Crippen LogP contribution in [0.25, 0.3) is 0 Å². The van der Waals surface area contributed by atoms with Crippen LogP contribution in [0.1, 0.15) is 11.1 Å². The minimum absolute atomic E-state index is 0.0581. The molecule has 90 valence electrons. The van der Waals surface area contributed by atoms with Crippen LogP contribution in [-0.4, -0.2) is 17.3 Å². The van der Waals surface area contributed by atoms with Crippen LogP contribution in [0, 0.1) is 0 Å². The van der Waals surface area contributed by atoms with Crippen molar-refractivity contribution in [2.45, 2.75) is 0 Å². The van der Waals surface area contributed by atoms with Crippen LogP contribution in [0.3, 0.4) is 0 Å². The van der Waals surface area contributed by atoms with E-state index in [1.165, 1.54) is 0 Å². The van der Waals surface area contributed by atoms with Gasteiger partial charge >= 0.3 is 0 Å². The van der Waals surface area contributed by atoms with Gasteiger partial charge in [0.25, 0.3) is 5.90 Å². The number of hydrogen-bond donors (Lipinski definition) is 1. The van der Waals surface area contributed by atoms with Gasteiger partial charge in [0, 0.05) is 5.56 Å². The van der Waals surface area contributed by atoms with Crippen molar-refractivity contribution in [1.29, 1.82) is 0 Å². The average Bonchev–Trinajstić information content (AvgIpc) is 2.46. The zero-order valence-corrected chi connectivity index (χ0v) is 9.60. The summed E-state index contributed by atoms with van der Waals surface area (Å²) >= 11 is 0. The van der Waals surface area contributed by atoms with Crippen molar-refractivity contribution < 1.29 is 10.0 Å². The summed E-state index contributed by atoms with van der Waals surface area (Å²) in [6.45, 7) is 0. The van der Waals surface area contributed by atoms with E-state index in [2.05, 4.69) is 10.3 Å². The Morgan fingerprint density at radius 3 is 2.17 bits per heavy atom. The fourth-order valence-corrected chi connectivity index (χ4v) is 1.39. The molecular weight excluding hydrogens is 228 g/mol. The van der Waals surface area contributed by atoms with E-state index in [1.54, 1.807) is 18.3 Å². The van der Waals surface area contributed by atoms with Gasteiger partial charge in [0.05, 0.1) is 6.21 Å². The van der Waals surface area contributed by atoms with E-state index in [0.717, 1.165) is 5.56 Å². The first-order valence-electron chi connectivity index (χ1n) is 5.43. The lowest BCUT2D eigenvalue weighted by atomic mass is 10.2. The van der Waals surface area contributed by atoms with Gasteiger partial charge < -0.3 is 10.0 Å². The molecule has 0 aliphatic heterocycles. The van der Waals surface area contributed by atoms with E-state index in [-0.39, 0.29) is 5.90 Å². The van der Waals surface area contributed by atoms with Crippen molar-refractivity contribution in [2.75, 3.05) is 0 Å². The summed E-state index contributed by atoms with van der Waals surface area (Å²) in [7, 11) is 0. The van der Waals surface area contributed by atoms with E-state index in [9.17, 15) is 0 Å². The van der Waals surface area contributed by atoms with Gasteiger partial charge in [-0.15, -0.1) is 0 Å². The highest BCUT2D eigenvalue weighted by molar-refractivity contribution is 5.94. The average molecular weight is 240 g/mol. The Morgan fingerprint density at radius 2 is 1.56 bits per heavy atom. The Morgan fingerprint density at radius 1 is 0.944 bits per heavy atom. The van der Waals surface area contributed by atoms with Crippen molar-refractivity contribution >= 4 is 12.1 Å². The van der Waals surface area contributed by atoms with Crippen LogP contribution in [-0.2, 0) is 4.84 Å². The van der Waals surface area contributed by atoms with Crippen molar-refractivity contribution in [3.05, 3.63) is 71.8 Å². The minimum Gasteiger partial charge on any atom is -0.408 e. The Bertz CT molecular complexity index is 536. The first-order chi connectivity index (χ1) is 8.90. The molecular formula is C14H12N2O2. The molecule has 0 radical (unpaired) electrons. The zero-order valence-electron chi connectivity index (χ0n) is 9.60. The molecule has 1 N–H and O–H groups in total. The van der Waals surface area contributed by atoms with Crippen molar-refractivity contribution in [3.63, 3.8) is 0 Å². The van der Waals surface area contributed by atoms with Crippen LogP contribution < -0.4 is 0 Å². The van der Waals surface area contributed by atoms with E-state index in [4.69, 9.17) is 10.0 Å². The van der Waals surface area contributed by atoms with Gasteiger partial charge in [-0.1, -0.05) is 53.7 Å². The second kappa shape index (κ2) is 6.20. The number of hydrogen-bond acceptors (Lipinski definition) is 4. The van der Waals surface area contributed by atoms with Crippen molar-refractivity contribution in [3.8, 4) is 0 Å². The molecule has 0 aromatic heterocycles. The summed E-state index contributed by atoms with van der Waals surface area (Å²) < 4.78 is 0. The molecule has 0 bridgehead atoms. The van der Waals surface area contributed by atoms with Crippen molar-refractivity contribution in [1.82, 2.24) is 0 Å². The van der Waals surface area contributed by atoms with Crippen LogP contribution in [0.4, 0.5) is 0 Å². The molecule has 18 heavy (non-hydrogen) atoms. The van der Waals surface area contributed by atoms with Crippen LogP contribution in [0.15, 0.2) is 71.0 Å². The maximum atomic E-state index is 8.87. The topological polar surface area (TPSA) is 54.2 Å². The summed E-state index contributed by atoms with van der Waals surface area (Å²) in [5.74, 6) is 0.0581. The highest BCUT2D eigenvalue weighted by Gasteiger charge is 2.03. The molecule has 0 fully saturated rings. The van der Waals surface area contributed by atoms with Crippen LogP contribution in [0.5, 0.6) is 0 Å². The number of benzene rings is 2. The first kappa shape index (κ1) is 11.9. The zero-order chi connectivity index (χ0) is 12.6. The van der Waals surface area contributed by atoms with Gasteiger partial charge in [-0.25, -0.2) is 0 Å². The molecule has 2 rings (SSSR count). The first-order valence-corrected chi connectivity index (χ1v) is 5.43. The molecule has 0 saturated carbocycles. The highest BCUT2D eigenvalue weighted by atomic mass is 16.6. The van der Waals surface area contributed by atoms with Gasteiger partial charge in [-0.2, -0.15) is 0 Å². The third-order valence-corrected chi connectivity index (χ3v) is 2.25. The summed E-state index contributed by atoms with van der Waals surface area (Å²) in [6.07, 6.45) is 1.55. The Hall–Kier alpha value is -2.62.